The van der Waals surface area contributed by atoms with Gasteiger partial charge < -0.3 is 4.74 Å². The highest BCUT2D eigenvalue weighted by molar-refractivity contribution is 9.11. The van der Waals surface area contributed by atoms with Crippen LogP contribution in [0.15, 0.2) is 55.4 Å². The molecular weight excluding hydrogens is 556 g/mol. The van der Waals surface area contributed by atoms with Crippen LogP contribution in [-0.4, -0.2) is 28.4 Å². The number of benzene rings is 2. The van der Waals surface area contributed by atoms with Crippen molar-refractivity contribution >= 4 is 60.4 Å². The summed E-state index contributed by atoms with van der Waals surface area (Å²) in [5, 5.41) is 11.7. The van der Waals surface area contributed by atoms with Gasteiger partial charge in [-0.2, -0.15) is 0 Å². The third-order valence-electron chi connectivity index (χ3n) is 5.11. The molecule has 0 bridgehead atoms. The van der Waals surface area contributed by atoms with Crippen LogP contribution in [0.25, 0.3) is 5.70 Å². The van der Waals surface area contributed by atoms with Crippen molar-refractivity contribution in [2.24, 2.45) is 10.1 Å². The average molecular weight is 580 g/mol. The smallest absolute Gasteiger partial charge is 0.276 e. The van der Waals surface area contributed by atoms with Crippen molar-refractivity contribution in [3.8, 4) is 5.75 Å². The van der Waals surface area contributed by atoms with E-state index in [1.807, 2.05) is 43.3 Å². The Hall–Kier alpha value is -1.84. The Bertz CT molecular complexity index is 1190. The normalized spacial score (nSPS) is 17.2. The third-order valence-corrected chi connectivity index (χ3v) is 7.10. The highest BCUT2D eigenvalue weighted by Gasteiger charge is 2.36. The molecule has 6 nitrogen and oxygen atoms in total. The summed E-state index contributed by atoms with van der Waals surface area (Å²) in [4.78, 5) is 18.2. The van der Waals surface area contributed by atoms with Crippen LogP contribution >= 0.6 is 43.6 Å². The molecule has 2 aliphatic rings. The number of carbonyl (C=O) groups is 1. The molecule has 1 atom stereocenters. The number of rotatable bonds is 7. The van der Waals surface area contributed by atoms with Crippen LogP contribution in [0.1, 0.15) is 44.8 Å². The summed E-state index contributed by atoms with van der Waals surface area (Å²) in [7, 11) is 0. The average Bonchev–Trinajstić information content (AvgIpc) is 2.77. The Morgan fingerprint density at radius 2 is 2.00 bits per heavy atom. The topological polar surface area (TPSA) is 66.3 Å². The van der Waals surface area contributed by atoms with Gasteiger partial charge in [0.15, 0.2) is 11.3 Å². The second-order valence-electron chi connectivity index (χ2n) is 7.37. The Balaban J connectivity index is 1.85. The van der Waals surface area contributed by atoms with Gasteiger partial charge in [-0.3, -0.25) is 15.1 Å². The van der Waals surface area contributed by atoms with Gasteiger partial charge in [0.1, 0.15) is 11.4 Å². The molecule has 0 saturated carbocycles. The van der Waals surface area contributed by atoms with Gasteiger partial charge in [0.25, 0.3) is 5.91 Å². The lowest BCUT2D eigenvalue weighted by atomic mass is 10.1. The number of nitrogens with one attached hydrogen (secondary N) is 1. The van der Waals surface area contributed by atoms with Crippen LogP contribution in [0.5, 0.6) is 5.75 Å². The number of nitrogens with zero attached hydrogens (tertiary/aromatic N) is 3. The molecule has 2 aromatic rings. The predicted molar refractivity (Wildman–Crippen MR) is 136 cm³/mol. The number of ether oxygens (including phenoxy) is 1. The molecule has 0 saturated heterocycles. The molecule has 1 amide bonds. The van der Waals surface area contributed by atoms with Crippen molar-refractivity contribution in [2.75, 3.05) is 12.4 Å². The van der Waals surface area contributed by atoms with Crippen LogP contribution in [0.3, 0.4) is 0 Å². The standard InChI is InChI=1S/C23H24Br2N4O2S/c1-3-5-8-11-32-23-27-22(30)19-15-9-6-7-10-18(15)26-21(29(19)28-23)16-12-14(24)13-17(25)20(16)31-4-2/h6-7,9-10,12-13,21H,3-5,8,11H2,1-2H3,(H,27,28,30)/t21-/m0/s1. The number of thioether (sulfide) groups is 1. The zero-order chi connectivity index (χ0) is 22.7. The zero-order valence-corrected chi connectivity index (χ0v) is 21.9. The minimum atomic E-state index is -0.535. The molecule has 4 rings (SSSR count). The Morgan fingerprint density at radius 3 is 2.78 bits per heavy atom. The summed E-state index contributed by atoms with van der Waals surface area (Å²) in [5.41, 5.74) is 1.32. The number of hydrazone groups is 1. The minimum Gasteiger partial charge on any atom is -0.492 e. The van der Waals surface area contributed by atoms with Crippen LogP contribution < -0.4 is 20.6 Å². The van der Waals surface area contributed by atoms with Crippen molar-refractivity contribution in [1.29, 1.82) is 0 Å². The minimum absolute atomic E-state index is 0.169. The van der Waals surface area contributed by atoms with E-state index >= 15 is 0 Å². The summed E-state index contributed by atoms with van der Waals surface area (Å²) in [5.74, 6) is 1.43. The summed E-state index contributed by atoms with van der Waals surface area (Å²) < 4.78 is 7.68. The lowest BCUT2D eigenvalue weighted by Gasteiger charge is -2.34. The first-order valence-electron chi connectivity index (χ1n) is 10.6. The molecule has 9 heteroatoms. The maximum Gasteiger partial charge on any atom is 0.276 e. The lowest BCUT2D eigenvalue weighted by Crippen LogP contribution is -2.50. The largest absolute Gasteiger partial charge is 0.492 e. The second-order valence-corrected chi connectivity index (χ2v) is 10.2. The molecule has 0 unspecified atom stereocenters. The molecule has 0 fully saturated rings. The molecule has 0 aromatic heterocycles. The van der Waals surface area contributed by atoms with Crippen molar-refractivity contribution in [3.63, 3.8) is 0 Å². The van der Waals surface area contributed by atoms with Crippen LogP contribution in [0.4, 0.5) is 0 Å². The molecular formula is C23H24Br2N4O2S. The van der Waals surface area contributed by atoms with E-state index in [1.165, 1.54) is 0 Å². The van der Waals surface area contributed by atoms with Gasteiger partial charge in [0, 0.05) is 21.0 Å². The van der Waals surface area contributed by atoms with Gasteiger partial charge in [-0.15, -0.1) is 5.10 Å². The number of amidine groups is 1. The molecule has 2 aromatic carbocycles. The molecule has 2 aliphatic heterocycles. The number of carbonyl (C=O) groups excluding carboxylic acids is 1. The van der Waals surface area contributed by atoms with Crippen molar-refractivity contribution in [3.05, 3.63) is 61.5 Å². The summed E-state index contributed by atoms with van der Waals surface area (Å²) >= 11 is 8.77. The van der Waals surface area contributed by atoms with Gasteiger partial charge in [0.2, 0.25) is 0 Å². The van der Waals surface area contributed by atoms with E-state index in [2.05, 4.69) is 44.1 Å². The van der Waals surface area contributed by atoms with E-state index in [-0.39, 0.29) is 5.91 Å². The summed E-state index contributed by atoms with van der Waals surface area (Å²) in [6.45, 7) is 4.63. The van der Waals surface area contributed by atoms with E-state index in [0.717, 1.165) is 50.1 Å². The quantitative estimate of drug-likeness (QED) is 0.484. The lowest BCUT2D eigenvalue weighted by molar-refractivity contribution is -0.116. The number of amides is 1. The Morgan fingerprint density at radius 1 is 1.19 bits per heavy atom. The number of hydrogen-bond acceptors (Lipinski definition) is 6. The van der Waals surface area contributed by atoms with Gasteiger partial charge in [-0.25, -0.2) is 5.01 Å². The Kier molecular flexibility index (Phi) is 7.58. The fourth-order valence-electron chi connectivity index (χ4n) is 3.68. The highest BCUT2D eigenvalue weighted by Crippen LogP contribution is 2.41. The number of para-hydroxylation sites is 1. The molecule has 0 aliphatic carbocycles. The molecule has 0 radical (unpaired) electrons. The van der Waals surface area contributed by atoms with Crippen LogP contribution in [-0.2, 0) is 4.79 Å². The van der Waals surface area contributed by atoms with Crippen molar-refractivity contribution in [1.82, 2.24) is 10.3 Å². The fraction of sp³-hybridized carbons (Fsp3) is 0.348. The first-order chi connectivity index (χ1) is 15.5. The van der Waals surface area contributed by atoms with Crippen LogP contribution in [0.2, 0.25) is 0 Å². The molecule has 2 heterocycles. The number of halogens is 2. The zero-order valence-electron chi connectivity index (χ0n) is 17.9. The van der Waals surface area contributed by atoms with Gasteiger partial charge in [-0.1, -0.05) is 65.7 Å². The number of fused-ring (bicyclic) bond motifs is 2. The molecule has 0 spiro atoms. The van der Waals surface area contributed by atoms with Gasteiger partial charge in [-0.05, 0) is 47.5 Å². The van der Waals surface area contributed by atoms with Gasteiger partial charge in [0.05, 0.1) is 16.4 Å². The monoisotopic (exact) mass is 578 g/mol. The second kappa shape index (κ2) is 10.4. The SMILES string of the molecule is CCCCCSC1=NN2C(=c3ccccc3=N[C@@H]2c2cc(Br)cc(Br)c2OCC)C(=O)N1. The predicted octanol–water partition coefficient (Wildman–Crippen LogP) is 4.68. The van der Waals surface area contributed by atoms with Crippen LogP contribution in [0, 0.1) is 0 Å². The Labute approximate surface area is 208 Å². The van der Waals surface area contributed by atoms with E-state index in [9.17, 15) is 4.79 Å². The maximum absolute atomic E-state index is 13.2. The third kappa shape index (κ3) is 4.75. The first-order valence-corrected chi connectivity index (χ1v) is 13.2. The number of unbranched alkanes of at least 4 members (excludes halogenated alkanes) is 2. The summed E-state index contributed by atoms with van der Waals surface area (Å²) in [6.07, 6.45) is 2.85. The molecule has 168 valence electrons. The first kappa shape index (κ1) is 23.3. The summed E-state index contributed by atoms with van der Waals surface area (Å²) in [6, 6.07) is 11.6. The highest BCUT2D eigenvalue weighted by atomic mass is 79.9. The molecule has 32 heavy (non-hydrogen) atoms. The van der Waals surface area contributed by atoms with Crippen molar-refractivity contribution in [2.45, 2.75) is 39.3 Å². The van der Waals surface area contributed by atoms with E-state index in [4.69, 9.17) is 14.8 Å². The van der Waals surface area contributed by atoms with E-state index in [0.29, 0.717) is 23.2 Å². The number of hydrogen-bond donors (Lipinski definition) is 1. The molecule has 1 N–H and O–H groups in total. The van der Waals surface area contributed by atoms with Gasteiger partial charge >= 0.3 is 0 Å². The van der Waals surface area contributed by atoms with E-state index in [1.54, 1.807) is 16.8 Å². The van der Waals surface area contributed by atoms with Crippen molar-refractivity contribution < 1.29 is 9.53 Å². The fourth-order valence-corrected chi connectivity index (χ4v) is 5.91. The van der Waals surface area contributed by atoms with E-state index < -0.39 is 6.17 Å². The maximum atomic E-state index is 13.2.